The molecule has 0 aromatic heterocycles. The maximum Gasteiger partial charge on any atom is 0.192 e. The average molecular weight is 495 g/mol. The maximum atomic E-state index is 10.9. The van der Waals surface area contributed by atoms with Crippen LogP contribution in [-0.2, 0) is 10.8 Å². The van der Waals surface area contributed by atoms with Gasteiger partial charge in [-0.15, -0.1) is 0 Å². The maximum absolute atomic E-state index is 10.9. The first-order valence-corrected chi connectivity index (χ1v) is 16.0. The average Bonchev–Trinajstić information content (AvgIpc) is 2.91. The summed E-state index contributed by atoms with van der Waals surface area (Å²) < 4.78 is 6.84. The van der Waals surface area contributed by atoms with Gasteiger partial charge in [0.2, 0.25) is 0 Å². The summed E-state index contributed by atoms with van der Waals surface area (Å²) in [6, 6.07) is 6.05. The predicted octanol–water partition coefficient (Wildman–Crippen LogP) is 7.47. The summed E-state index contributed by atoms with van der Waals surface area (Å²) in [4.78, 5) is 0. The van der Waals surface area contributed by atoms with Crippen molar-refractivity contribution in [2.45, 2.75) is 116 Å². The highest BCUT2D eigenvalue weighted by molar-refractivity contribution is 6.74. The quantitative estimate of drug-likeness (QED) is 0.190. The van der Waals surface area contributed by atoms with Crippen LogP contribution < -0.4 is 0 Å². The first-order valence-electron chi connectivity index (χ1n) is 12.8. The second kappa shape index (κ2) is 11.9. The smallest absolute Gasteiger partial charge is 0.192 e. The molecule has 3 nitrogen and oxygen atoms in total. The predicted molar refractivity (Wildman–Crippen MR) is 143 cm³/mol. The van der Waals surface area contributed by atoms with Crippen molar-refractivity contribution in [3.63, 3.8) is 0 Å². The van der Waals surface area contributed by atoms with Gasteiger partial charge < -0.3 is 14.6 Å². The van der Waals surface area contributed by atoms with Crippen LogP contribution in [0, 0.1) is 18.8 Å². The van der Waals surface area contributed by atoms with Gasteiger partial charge in [0.05, 0.1) is 6.10 Å². The number of rotatable bonds is 11. The topological polar surface area (TPSA) is 49.7 Å². The molecule has 2 N–H and O–H groups in total. The van der Waals surface area contributed by atoms with Gasteiger partial charge in [0.25, 0.3) is 0 Å². The van der Waals surface area contributed by atoms with Gasteiger partial charge in [-0.05, 0) is 79.8 Å². The number of hydrogen-bond acceptors (Lipinski definition) is 3. The highest BCUT2D eigenvalue weighted by Gasteiger charge is 2.45. The van der Waals surface area contributed by atoms with Crippen LogP contribution in [0.5, 0.6) is 0 Å². The van der Waals surface area contributed by atoms with Crippen molar-refractivity contribution >= 4 is 19.9 Å². The molecule has 5 atom stereocenters. The van der Waals surface area contributed by atoms with E-state index in [1.165, 1.54) is 19.3 Å². The Morgan fingerprint density at radius 3 is 2.42 bits per heavy atom. The molecule has 1 fully saturated rings. The zero-order valence-electron chi connectivity index (χ0n) is 22.0. The molecule has 1 aliphatic rings. The number of halogens is 1. The molecule has 1 saturated carbocycles. The third kappa shape index (κ3) is 7.41. The van der Waals surface area contributed by atoms with Crippen molar-refractivity contribution in [2.24, 2.45) is 11.8 Å². The van der Waals surface area contributed by atoms with Crippen molar-refractivity contribution in [3.8, 4) is 0 Å². The molecular weight excluding hydrogens is 448 g/mol. The van der Waals surface area contributed by atoms with Crippen LogP contribution in [0.3, 0.4) is 0 Å². The van der Waals surface area contributed by atoms with Crippen LogP contribution in [-0.4, -0.2) is 36.8 Å². The molecule has 0 saturated heterocycles. The number of aryl methyl sites for hydroxylation is 1. The minimum absolute atomic E-state index is 0.0125. The van der Waals surface area contributed by atoms with Gasteiger partial charge in [-0.25, -0.2) is 0 Å². The lowest BCUT2D eigenvalue weighted by Gasteiger charge is -2.40. The summed E-state index contributed by atoms with van der Waals surface area (Å²) in [5.41, 5.74) is 2.96. The van der Waals surface area contributed by atoms with Crippen LogP contribution in [0.25, 0.3) is 0 Å². The van der Waals surface area contributed by atoms with Gasteiger partial charge >= 0.3 is 0 Å². The molecule has 0 aliphatic heterocycles. The molecule has 0 spiro atoms. The van der Waals surface area contributed by atoms with Crippen LogP contribution in [0.1, 0.15) is 77.3 Å². The van der Waals surface area contributed by atoms with Crippen molar-refractivity contribution < 1.29 is 14.6 Å². The summed E-state index contributed by atoms with van der Waals surface area (Å²) in [5, 5.41) is 22.4. The number of aliphatic hydroxyl groups excluding tert-OH is 2. The van der Waals surface area contributed by atoms with E-state index >= 15 is 0 Å². The summed E-state index contributed by atoms with van der Waals surface area (Å²) >= 11 is 6.49. The molecule has 0 bridgehead atoms. The third-order valence-electron chi connectivity index (χ3n) is 8.00. The Kier molecular flexibility index (Phi) is 10.3. The van der Waals surface area contributed by atoms with Gasteiger partial charge in [0.15, 0.2) is 8.32 Å². The van der Waals surface area contributed by atoms with Gasteiger partial charge in [0, 0.05) is 11.1 Å². The van der Waals surface area contributed by atoms with E-state index in [1.54, 1.807) is 0 Å². The van der Waals surface area contributed by atoms with Crippen molar-refractivity contribution in [1.82, 2.24) is 0 Å². The van der Waals surface area contributed by atoms with E-state index in [4.69, 9.17) is 16.0 Å². The normalized spacial score (nSPS) is 25.0. The molecule has 188 valence electrons. The van der Waals surface area contributed by atoms with Gasteiger partial charge in [-0.2, -0.15) is 0 Å². The Labute approximate surface area is 208 Å². The third-order valence-corrected chi connectivity index (χ3v) is 12.9. The largest absolute Gasteiger partial charge is 0.414 e. The monoisotopic (exact) mass is 494 g/mol. The molecule has 33 heavy (non-hydrogen) atoms. The standard InChI is InChI=1S/C28H47ClO3Si/c1-9-10-11-12-22(32-33(7,8)28(4,5)6)14-15-23-24(20(3)26(30)27(23)31)18-21-17-19(2)13-16-25(21)29/h13,16-17,22-24,26-27,30-31H,3,9-12,14-15,18H2,1-2,4-8H3/t22-,23+,24-,26+,27-/m0/s1. The van der Waals surface area contributed by atoms with E-state index in [0.717, 1.165) is 41.0 Å². The Morgan fingerprint density at radius 2 is 1.82 bits per heavy atom. The van der Waals surface area contributed by atoms with E-state index in [0.29, 0.717) is 6.42 Å². The minimum atomic E-state index is -1.89. The van der Waals surface area contributed by atoms with E-state index < -0.39 is 20.5 Å². The molecule has 0 radical (unpaired) electrons. The fraction of sp³-hybridized carbons (Fsp3) is 0.714. The van der Waals surface area contributed by atoms with E-state index in [2.05, 4.69) is 60.4 Å². The first-order chi connectivity index (χ1) is 15.3. The zero-order valence-corrected chi connectivity index (χ0v) is 23.7. The molecule has 5 heteroatoms. The SMILES string of the molecule is C=C1[C@@H](O)[C@@H](O)[C@H](CC[C@H](CCCCC)O[Si](C)(C)C(C)(C)C)[C@H]1Cc1cc(C)ccc1Cl. The molecule has 0 unspecified atom stereocenters. The first kappa shape index (κ1) is 28.6. The molecular formula is C28H47ClO3Si. The van der Waals surface area contributed by atoms with Crippen LogP contribution in [0.15, 0.2) is 30.4 Å². The van der Waals surface area contributed by atoms with Crippen molar-refractivity contribution in [3.05, 3.63) is 46.5 Å². The second-order valence-electron chi connectivity index (χ2n) is 11.7. The molecule has 1 aromatic rings. The summed E-state index contributed by atoms with van der Waals surface area (Å²) in [6.45, 7) is 19.9. The molecule has 2 rings (SSSR count). The summed E-state index contributed by atoms with van der Waals surface area (Å²) in [7, 11) is -1.89. The number of benzene rings is 1. The van der Waals surface area contributed by atoms with Crippen LogP contribution in [0.2, 0.25) is 23.2 Å². The Hall–Kier alpha value is -0.653. The second-order valence-corrected chi connectivity index (χ2v) is 16.8. The molecule has 1 aliphatic carbocycles. The van der Waals surface area contributed by atoms with Crippen LogP contribution >= 0.6 is 11.6 Å². The van der Waals surface area contributed by atoms with Crippen molar-refractivity contribution in [2.75, 3.05) is 0 Å². The number of unbranched alkanes of at least 4 members (excludes halogenated alkanes) is 2. The molecule has 0 amide bonds. The highest BCUT2D eigenvalue weighted by atomic mass is 35.5. The van der Waals surface area contributed by atoms with E-state index in [-0.39, 0.29) is 23.0 Å². The van der Waals surface area contributed by atoms with Gasteiger partial charge in [-0.1, -0.05) is 82.8 Å². The Morgan fingerprint density at radius 1 is 1.15 bits per heavy atom. The number of hydrogen-bond donors (Lipinski definition) is 2. The fourth-order valence-electron chi connectivity index (χ4n) is 4.79. The molecule has 1 aromatic carbocycles. The fourth-order valence-corrected chi connectivity index (χ4v) is 6.41. The van der Waals surface area contributed by atoms with E-state index in [1.807, 2.05) is 12.1 Å². The summed E-state index contributed by atoms with van der Waals surface area (Å²) in [6.07, 6.45) is 5.58. The minimum Gasteiger partial charge on any atom is -0.414 e. The van der Waals surface area contributed by atoms with Crippen molar-refractivity contribution in [1.29, 1.82) is 0 Å². The lowest BCUT2D eigenvalue weighted by atomic mass is 9.83. The lowest BCUT2D eigenvalue weighted by Crippen LogP contribution is -2.44. The van der Waals surface area contributed by atoms with Crippen LogP contribution in [0.4, 0.5) is 0 Å². The van der Waals surface area contributed by atoms with Gasteiger partial charge in [-0.3, -0.25) is 0 Å². The zero-order chi connectivity index (χ0) is 25.0. The number of aliphatic hydroxyl groups is 2. The Balaban J connectivity index is 2.17. The summed E-state index contributed by atoms with van der Waals surface area (Å²) in [5.74, 6) is -0.0285. The van der Waals surface area contributed by atoms with E-state index in [9.17, 15) is 10.2 Å². The highest BCUT2D eigenvalue weighted by Crippen LogP contribution is 2.43. The Bertz CT molecular complexity index is 786. The van der Waals surface area contributed by atoms with Gasteiger partial charge in [0.1, 0.15) is 6.10 Å². The molecule has 0 heterocycles. The lowest BCUT2D eigenvalue weighted by molar-refractivity contribution is 0.0201.